The molecule has 25 heavy (non-hydrogen) atoms. The van der Waals surface area contributed by atoms with E-state index >= 15 is 0 Å². The third-order valence-electron chi connectivity index (χ3n) is 4.72. The van der Waals surface area contributed by atoms with Crippen molar-refractivity contribution in [1.82, 2.24) is 14.2 Å². The molecule has 1 fully saturated rings. The molecule has 1 aliphatic rings. The second-order valence-electron chi connectivity index (χ2n) is 6.56. The molecule has 0 radical (unpaired) electrons. The lowest BCUT2D eigenvalue weighted by Crippen LogP contribution is -2.30. The Hall–Kier alpha value is -1.64. The second kappa shape index (κ2) is 7.72. The van der Waals surface area contributed by atoms with Crippen molar-refractivity contribution in [2.45, 2.75) is 37.0 Å². The Bertz CT molecular complexity index is 877. The molecule has 3 rings (SSSR count). The van der Waals surface area contributed by atoms with E-state index < -0.39 is 15.8 Å². The Kier molecular flexibility index (Phi) is 5.61. The third-order valence-corrected chi connectivity index (χ3v) is 6.17. The Balaban J connectivity index is 1.59. The zero-order valence-corrected chi connectivity index (χ0v) is 15.3. The molecule has 2 heterocycles. The van der Waals surface area contributed by atoms with Gasteiger partial charge in [-0.05, 0) is 51.0 Å². The molecule has 7 nitrogen and oxygen atoms in total. The van der Waals surface area contributed by atoms with Crippen LogP contribution in [0.15, 0.2) is 32.3 Å². The van der Waals surface area contributed by atoms with Gasteiger partial charge in [0, 0.05) is 19.7 Å². The number of likely N-dealkylation sites (tertiary alicyclic amines) is 1. The summed E-state index contributed by atoms with van der Waals surface area (Å²) in [5, 5.41) is 0. The number of hydrogen-bond acceptors (Lipinski definition) is 5. The molecule has 0 spiro atoms. The first-order valence-corrected chi connectivity index (χ1v) is 10.3. The number of oxazole rings is 1. The zero-order chi connectivity index (χ0) is 17.9. The fraction of sp³-hybridized carbons (Fsp3) is 0.588. The highest BCUT2D eigenvalue weighted by atomic mass is 32.2. The number of benzene rings is 1. The van der Waals surface area contributed by atoms with Gasteiger partial charge in [0.1, 0.15) is 0 Å². The van der Waals surface area contributed by atoms with Crippen molar-refractivity contribution in [2.75, 3.05) is 26.2 Å². The van der Waals surface area contributed by atoms with E-state index in [9.17, 15) is 13.2 Å². The summed E-state index contributed by atoms with van der Waals surface area (Å²) in [5.74, 6) is -0.505. The standard InChI is InChI=1S/C17H25N3O4S/c1-19-15-8-7-14(13-16(15)24-17(19)21)25(22,23)18-9-6-12-20-10-4-2-3-5-11-20/h7-8,13,18H,2-6,9-12H2,1H3. The maximum atomic E-state index is 12.4. The number of rotatable bonds is 6. The first kappa shape index (κ1) is 18.2. The van der Waals surface area contributed by atoms with Crippen LogP contribution in [0.25, 0.3) is 11.1 Å². The second-order valence-corrected chi connectivity index (χ2v) is 8.33. The normalized spacial score (nSPS) is 17.0. The first-order chi connectivity index (χ1) is 12.0. The fourth-order valence-corrected chi connectivity index (χ4v) is 4.32. The Morgan fingerprint density at radius 3 is 2.60 bits per heavy atom. The number of sulfonamides is 1. The van der Waals surface area contributed by atoms with Crippen LogP contribution in [0.5, 0.6) is 0 Å². The summed E-state index contributed by atoms with van der Waals surface area (Å²) in [4.78, 5) is 14.0. The molecule has 0 aliphatic carbocycles. The van der Waals surface area contributed by atoms with Crippen molar-refractivity contribution in [3.63, 3.8) is 0 Å². The van der Waals surface area contributed by atoms with Gasteiger partial charge in [-0.2, -0.15) is 0 Å². The van der Waals surface area contributed by atoms with Gasteiger partial charge in [0.2, 0.25) is 10.0 Å². The molecule has 0 bridgehead atoms. The van der Waals surface area contributed by atoms with Crippen LogP contribution in [0.2, 0.25) is 0 Å². The van der Waals surface area contributed by atoms with Crippen LogP contribution >= 0.6 is 0 Å². The molecule has 1 N–H and O–H groups in total. The van der Waals surface area contributed by atoms with E-state index in [1.807, 2.05) is 0 Å². The van der Waals surface area contributed by atoms with Gasteiger partial charge in [-0.15, -0.1) is 0 Å². The van der Waals surface area contributed by atoms with Crippen molar-refractivity contribution in [3.05, 3.63) is 28.7 Å². The highest BCUT2D eigenvalue weighted by Gasteiger charge is 2.17. The molecular weight excluding hydrogens is 342 g/mol. The number of nitrogens with zero attached hydrogens (tertiary/aromatic N) is 2. The Morgan fingerprint density at radius 2 is 1.88 bits per heavy atom. The van der Waals surface area contributed by atoms with Gasteiger partial charge >= 0.3 is 5.76 Å². The van der Waals surface area contributed by atoms with Crippen LogP contribution in [0.3, 0.4) is 0 Å². The molecule has 0 atom stereocenters. The van der Waals surface area contributed by atoms with Gasteiger partial charge < -0.3 is 9.32 Å². The molecule has 0 saturated carbocycles. The highest BCUT2D eigenvalue weighted by Crippen LogP contribution is 2.18. The maximum absolute atomic E-state index is 12.4. The first-order valence-electron chi connectivity index (χ1n) is 8.79. The van der Waals surface area contributed by atoms with E-state index in [1.54, 1.807) is 13.1 Å². The summed E-state index contributed by atoms with van der Waals surface area (Å²) in [6, 6.07) is 4.48. The molecule has 1 aromatic heterocycles. The predicted molar refractivity (Wildman–Crippen MR) is 96.2 cm³/mol. The molecule has 1 aromatic carbocycles. The van der Waals surface area contributed by atoms with Crippen LogP contribution < -0.4 is 10.5 Å². The smallest absolute Gasteiger partial charge is 0.408 e. The third kappa shape index (κ3) is 4.31. The van der Waals surface area contributed by atoms with Gasteiger partial charge in [0.15, 0.2) is 5.58 Å². The van der Waals surface area contributed by atoms with Crippen LogP contribution in [-0.2, 0) is 17.1 Å². The Morgan fingerprint density at radius 1 is 1.16 bits per heavy atom. The molecule has 8 heteroatoms. The highest BCUT2D eigenvalue weighted by molar-refractivity contribution is 7.89. The average Bonchev–Trinajstić information content (AvgIpc) is 2.77. The molecule has 1 aliphatic heterocycles. The monoisotopic (exact) mass is 367 g/mol. The lowest BCUT2D eigenvalue weighted by Gasteiger charge is -2.19. The van der Waals surface area contributed by atoms with Gasteiger partial charge in [0.05, 0.1) is 10.4 Å². The molecule has 138 valence electrons. The SMILES string of the molecule is Cn1c(=O)oc2cc(S(=O)(=O)NCCCN3CCCCCC3)ccc21. The summed E-state index contributed by atoms with van der Waals surface area (Å²) in [5.41, 5.74) is 0.852. The topological polar surface area (TPSA) is 84.5 Å². The van der Waals surface area contributed by atoms with Crippen LogP contribution in [0.4, 0.5) is 0 Å². The summed E-state index contributed by atoms with van der Waals surface area (Å²) in [6.45, 7) is 3.53. The Labute approximate surface area is 147 Å². The molecular formula is C17H25N3O4S. The molecule has 1 saturated heterocycles. The van der Waals surface area contributed by atoms with Gasteiger partial charge in [0.25, 0.3) is 0 Å². The number of nitrogens with one attached hydrogen (secondary N) is 1. The minimum Gasteiger partial charge on any atom is -0.408 e. The number of hydrogen-bond donors (Lipinski definition) is 1. The lowest BCUT2D eigenvalue weighted by atomic mass is 10.2. The summed E-state index contributed by atoms with van der Waals surface area (Å²) in [6.07, 6.45) is 5.83. The van der Waals surface area contributed by atoms with Gasteiger partial charge in [-0.3, -0.25) is 4.57 Å². The summed E-state index contributed by atoms with van der Waals surface area (Å²) < 4.78 is 33.9. The zero-order valence-electron chi connectivity index (χ0n) is 14.5. The van der Waals surface area contributed by atoms with E-state index in [2.05, 4.69) is 9.62 Å². The minimum absolute atomic E-state index is 0.115. The van der Waals surface area contributed by atoms with Crippen molar-refractivity contribution < 1.29 is 12.8 Å². The predicted octanol–water partition coefficient (Wildman–Crippen LogP) is 1.68. The molecule has 0 unspecified atom stereocenters. The van der Waals surface area contributed by atoms with E-state index in [4.69, 9.17) is 4.42 Å². The van der Waals surface area contributed by atoms with E-state index in [0.717, 1.165) is 26.1 Å². The summed E-state index contributed by atoms with van der Waals surface area (Å²) in [7, 11) is -2.02. The lowest BCUT2D eigenvalue weighted by molar-refractivity contribution is 0.282. The van der Waals surface area contributed by atoms with Crippen LogP contribution in [0.1, 0.15) is 32.1 Å². The van der Waals surface area contributed by atoms with Crippen LogP contribution in [-0.4, -0.2) is 44.1 Å². The molecule has 0 amide bonds. The van der Waals surface area contributed by atoms with Crippen molar-refractivity contribution in [3.8, 4) is 0 Å². The van der Waals surface area contributed by atoms with Crippen molar-refractivity contribution in [1.29, 1.82) is 0 Å². The number of fused-ring (bicyclic) bond motifs is 1. The van der Waals surface area contributed by atoms with E-state index in [-0.39, 0.29) is 10.5 Å². The largest absolute Gasteiger partial charge is 0.419 e. The van der Waals surface area contributed by atoms with E-state index in [0.29, 0.717) is 12.1 Å². The van der Waals surface area contributed by atoms with E-state index in [1.165, 1.54) is 42.4 Å². The molecule has 2 aromatic rings. The summed E-state index contributed by atoms with van der Waals surface area (Å²) >= 11 is 0. The van der Waals surface area contributed by atoms with Gasteiger partial charge in [-0.25, -0.2) is 17.9 Å². The fourth-order valence-electron chi connectivity index (χ4n) is 3.23. The van der Waals surface area contributed by atoms with Crippen molar-refractivity contribution >= 4 is 21.1 Å². The van der Waals surface area contributed by atoms with Crippen molar-refractivity contribution in [2.24, 2.45) is 7.05 Å². The number of aryl methyl sites for hydroxylation is 1. The maximum Gasteiger partial charge on any atom is 0.419 e. The quantitative estimate of drug-likeness (QED) is 0.785. The number of aromatic nitrogens is 1. The van der Waals surface area contributed by atoms with Gasteiger partial charge in [-0.1, -0.05) is 12.8 Å². The van der Waals surface area contributed by atoms with Crippen LogP contribution in [0, 0.1) is 0 Å². The minimum atomic E-state index is -3.61. The average molecular weight is 367 g/mol.